The van der Waals surface area contributed by atoms with E-state index in [1.807, 2.05) is 12.1 Å². The van der Waals surface area contributed by atoms with Crippen molar-refractivity contribution in [3.05, 3.63) is 176 Å². The Labute approximate surface area is 292 Å². The normalized spacial score (nSPS) is 11.9. The van der Waals surface area contributed by atoms with Gasteiger partial charge in [-0.1, -0.05) is 121 Å². The number of nitrogens with zero attached hydrogens (tertiary/aromatic N) is 5. The molecule has 5 nitrogen and oxygen atoms in total. The minimum Gasteiger partial charge on any atom is -0.307 e. The molecule has 7 aromatic carbocycles. The van der Waals surface area contributed by atoms with Crippen molar-refractivity contribution in [3.63, 3.8) is 0 Å². The molecule has 11 rings (SSSR count). The van der Waals surface area contributed by atoms with Crippen molar-refractivity contribution in [2.75, 3.05) is 0 Å². The van der Waals surface area contributed by atoms with Gasteiger partial charge in [0.1, 0.15) is 0 Å². The van der Waals surface area contributed by atoms with Crippen LogP contribution in [0.1, 0.15) is 0 Å². The molecule has 0 atom stereocenters. The smallest absolute Gasteiger partial charge is 0.235 e. The third kappa shape index (κ3) is 3.97. The third-order valence-corrected chi connectivity index (χ3v) is 10.2. The van der Waals surface area contributed by atoms with Crippen molar-refractivity contribution >= 4 is 65.5 Å². The molecule has 0 radical (unpaired) electrons. The molecule has 0 aliphatic rings. The number of para-hydroxylation sites is 5. The van der Waals surface area contributed by atoms with E-state index in [0.29, 0.717) is 5.95 Å². The first-order chi connectivity index (χ1) is 25.3. The molecule has 0 bridgehead atoms. The Morgan fingerprint density at radius 2 is 0.882 bits per heavy atom. The first-order valence-electron chi connectivity index (χ1n) is 17.3. The van der Waals surface area contributed by atoms with Crippen molar-refractivity contribution in [1.82, 2.24) is 23.7 Å². The standard InChI is InChI=1S/C46H29N5/c1-4-16-30(17-5-1)42-33-22-10-13-25-37(33)47-46(48-42)51-38-26-14-11-23-34(38)41-40(51)29-28-36-43(41)50(32-20-8-3-9-21-32)44-35-24-12-15-27-39(35)49(45(36)44)31-18-6-2-7-19-31/h1-29H. The number of rotatable bonds is 4. The topological polar surface area (TPSA) is 40.6 Å². The summed E-state index contributed by atoms with van der Waals surface area (Å²) in [6.45, 7) is 0. The minimum atomic E-state index is 0.653. The van der Waals surface area contributed by atoms with Gasteiger partial charge in [-0.2, -0.15) is 0 Å². The van der Waals surface area contributed by atoms with Gasteiger partial charge in [-0.25, -0.2) is 9.97 Å². The van der Waals surface area contributed by atoms with E-state index in [0.717, 1.165) is 55.5 Å². The van der Waals surface area contributed by atoms with E-state index in [1.165, 1.54) is 32.7 Å². The lowest BCUT2D eigenvalue weighted by molar-refractivity contribution is 1.01. The predicted molar refractivity (Wildman–Crippen MR) is 210 cm³/mol. The number of benzene rings is 7. The monoisotopic (exact) mass is 651 g/mol. The Kier molecular flexibility index (Phi) is 5.89. The number of aromatic nitrogens is 5. The summed E-state index contributed by atoms with van der Waals surface area (Å²) in [6.07, 6.45) is 0. The Balaban J connectivity index is 1.34. The molecule has 0 fully saturated rings. The molecule has 4 aromatic heterocycles. The van der Waals surface area contributed by atoms with Gasteiger partial charge >= 0.3 is 0 Å². The molecule has 0 unspecified atom stereocenters. The molecule has 238 valence electrons. The molecule has 0 spiro atoms. The van der Waals surface area contributed by atoms with Gasteiger partial charge in [-0.15, -0.1) is 0 Å². The van der Waals surface area contributed by atoms with E-state index in [9.17, 15) is 0 Å². The van der Waals surface area contributed by atoms with Crippen LogP contribution >= 0.6 is 0 Å². The highest BCUT2D eigenvalue weighted by Gasteiger charge is 2.26. The van der Waals surface area contributed by atoms with Gasteiger partial charge in [0.15, 0.2) is 0 Å². The van der Waals surface area contributed by atoms with E-state index >= 15 is 0 Å². The zero-order chi connectivity index (χ0) is 33.5. The number of hydrogen-bond acceptors (Lipinski definition) is 2. The van der Waals surface area contributed by atoms with Crippen LogP contribution in [0, 0.1) is 0 Å². The van der Waals surface area contributed by atoms with Crippen molar-refractivity contribution in [1.29, 1.82) is 0 Å². The summed E-state index contributed by atoms with van der Waals surface area (Å²) in [7, 11) is 0. The van der Waals surface area contributed by atoms with Crippen LogP contribution in [0.2, 0.25) is 0 Å². The first-order valence-corrected chi connectivity index (χ1v) is 17.3. The second-order valence-electron chi connectivity index (χ2n) is 13.0. The van der Waals surface area contributed by atoms with E-state index in [4.69, 9.17) is 9.97 Å². The molecule has 5 heteroatoms. The van der Waals surface area contributed by atoms with Crippen LogP contribution < -0.4 is 0 Å². The van der Waals surface area contributed by atoms with Crippen LogP contribution in [0.5, 0.6) is 0 Å². The highest BCUT2D eigenvalue weighted by molar-refractivity contribution is 6.29. The van der Waals surface area contributed by atoms with Crippen LogP contribution in [0.4, 0.5) is 0 Å². The average molecular weight is 652 g/mol. The quantitative estimate of drug-likeness (QED) is 0.190. The highest BCUT2D eigenvalue weighted by Crippen LogP contribution is 2.45. The van der Waals surface area contributed by atoms with E-state index in [-0.39, 0.29) is 0 Å². The molecule has 0 aliphatic carbocycles. The molecular weight excluding hydrogens is 623 g/mol. The van der Waals surface area contributed by atoms with Gasteiger partial charge in [0.05, 0.1) is 44.3 Å². The van der Waals surface area contributed by atoms with Gasteiger partial charge < -0.3 is 9.13 Å². The second-order valence-corrected chi connectivity index (χ2v) is 13.0. The largest absolute Gasteiger partial charge is 0.307 e. The molecule has 0 saturated carbocycles. The molecule has 0 aliphatic heterocycles. The molecule has 0 N–H and O–H groups in total. The van der Waals surface area contributed by atoms with Crippen LogP contribution in [0.3, 0.4) is 0 Å². The summed E-state index contributed by atoms with van der Waals surface area (Å²) in [5.74, 6) is 0.653. The molecule has 0 saturated heterocycles. The first kappa shape index (κ1) is 27.9. The predicted octanol–water partition coefficient (Wildman–Crippen LogP) is 11.4. The molecule has 0 amide bonds. The fraction of sp³-hybridized carbons (Fsp3) is 0. The van der Waals surface area contributed by atoms with E-state index in [2.05, 4.69) is 177 Å². The molecular formula is C46H29N5. The summed E-state index contributed by atoms with van der Waals surface area (Å²) < 4.78 is 7.15. The number of fused-ring (bicyclic) bond motifs is 10. The van der Waals surface area contributed by atoms with E-state index in [1.54, 1.807) is 0 Å². The SMILES string of the molecule is c1ccc(-c2nc(-n3c4ccccc4c4c3ccc3c5c(c6ccccc6n5-c5ccccc5)n(-c5ccccc5)c34)nc3ccccc23)cc1. The summed E-state index contributed by atoms with van der Waals surface area (Å²) in [5, 5.41) is 5.76. The van der Waals surface area contributed by atoms with E-state index < -0.39 is 0 Å². The lowest BCUT2D eigenvalue weighted by atomic mass is 10.1. The molecule has 4 heterocycles. The van der Waals surface area contributed by atoms with Crippen molar-refractivity contribution in [2.45, 2.75) is 0 Å². The summed E-state index contributed by atoms with van der Waals surface area (Å²) >= 11 is 0. The van der Waals surface area contributed by atoms with Crippen LogP contribution in [-0.2, 0) is 0 Å². The van der Waals surface area contributed by atoms with Crippen molar-refractivity contribution in [3.8, 4) is 28.6 Å². The van der Waals surface area contributed by atoms with Crippen molar-refractivity contribution in [2.24, 2.45) is 0 Å². The summed E-state index contributed by atoms with van der Waals surface area (Å²) in [6, 6.07) is 62.2. The summed E-state index contributed by atoms with van der Waals surface area (Å²) in [5.41, 5.74) is 12.0. The molecule has 51 heavy (non-hydrogen) atoms. The third-order valence-electron chi connectivity index (χ3n) is 10.2. The van der Waals surface area contributed by atoms with Gasteiger partial charge in [0.2, 0.25) is 5.95 Å². The van der Waals surface area contributed by atoms with Crippen molar-refractivity contribution < 1.29 is 0 Å². The van der Waals surface area contributed by atoms with Gasteiger partial charge in [-0.05, 0) is 54.6 Å². The Bertz CT molecular complexity index is 3120. The zero-order valence-corrected chi connectivity index (χ0v) is 27.5. The maximum Gasteiger partial charge on any atom is 0.235 e. The maximum atomic E-state index is 5.34. The average Bonchev–Trinajstić information content (AvgIpc) is 3.84. The van der Waals surface area contributed by atoms with Gasteiger partial charge in [0, 0.05) is 43.9 Å². The maximum absolute atomic E-state index is 5.34. The Morgan fingerprint density at radius 3 is 1.61 bits per heavy atom. The Hall–Kier alpha value is -6.98. The molecule has 11 aromatic rings. The lowest BCUT2D eigenvalue weighted by Gasteiger charge is -2.12. The van der Waals surface area contributed by atoms with Crippen LogP contribution in [-0.4, -0.2) is 23.7 Å². The highest BCUT2D eigenvalue weighted by atomic mass is 15.2. The van der Waals surface area contributed by atoms with Gasteiger partial charge in [0.25, 0.3) is 0 Å². The second kappa shape index (κ2) is 10.8. The fourth-order valence-electron chi connectivity index (χ4n) is 8.15. The van der Waals surface area contributed by atoms with Crippen LogP contribution in [0.15, 0.2) is 176 Å². The van der Waals surface area contributed by atoms with Gasteiger partial charge in [-0.3, -0.25) is 4.57 Å². The lowest BCUT2D eigenvalue weighted by Crippen LogP contribution is -2.03. The zero-order valence-electron chi connectivity index (χ0n) is 27.5. The fourth-order valence-corrected chi connectivity index (χ4v) is 8.15. The Morgan fingerprint density at radius 1 is 0.333 bits per heavy atom. The number of hydrogen-bond donors (Lipinski definition) is 0. The van der Waals surface area contributed by atoms with Crippen LogP contribution in [0.25, 0.3) is 94.1 Å². The summed E-state index contributed by atoms with van der Waals surface area (Å²) in [4.78, 5) is 10.6. The minimum absolute atomic E-state index is 0.653.